The van der Waals surface area contributed by atoms with Crippen molar-refractivity contribution in [1.29, 1.82) is 0 Å². The van der Waals surface area contributed by atoms with Crippen molar-refractivity contribution in [2.24, 2.45) is 5.92 Å². The molecule has 0 aliphatic carbocycles. The number of rotatable bonds is 8. The summed E-state index contributed by atoms with van der Waals surface area (Å²) in [7, 11) is 0. The van der Waals surface area contributed by atoms with Crippen molar-refractivity contribution in [1.82, 2.24) is 10.2 Å². The first-order valence-electron chi connectivity index (χ1n) is 9.62. The quantitative estimate of drug-likeness (QED) is 0.658. The number of amides is 1. The smallest absolute Gasteiger partial charge is 0.225 e. The molecule has 1 aliphatic rings. The Balaban J connectivity index is 1.43. The molecule has 0 unspecified atom stereocenters. The summed E-state index contributed by atoms with van der Waals surface area (Å²) in [6.07, 6.45) is 0.959. The molecule has 0 radical (unpaired) electrons. The highest BCUT2D eigenvalue weighted by atomic mass is 35.5. The SMILES string of the molecule is CC[C@@H](C)NC(=O)C1CN(Cc2ccc(OCc3cc(Cl)cc(Cl)c3)cc2)C1. The summed E-state index contributed by atoms with van der Waals surface area (Å²) in [5, 5.41) is 4.27. The van der Waals surface area contributed by atoms with Crippen molar-refractivity contribution in [3.8, 4) is 5.75 Å². The molecule has 1 heterocycles. The van der Waals surface area contributed by atoms with Crippen LogP contribution in [0.4, 0.5) is 0 Å². The standard InChI is InChI=1S/C22H26Cl2N2O2/c1-3-15(2)25-22(27)18-12-26(13-18)11-16-4-6-21(7-5-16)28-14-17-8-19(23)10-20(24)9-17/h4-10,15,18H,3,11-14H2,1-2H3,(H,25,27)/t15-/m1/s1. The van der Waals surface area contributed by atoms with Crippen molar-refractivity contribution in [2.45, 2.75) is 39.5 Å². The number of carbonyl (C=O) groups excluding carboxylic acids is 1. The van der Waals surface area contributed by atoms with E-state index in [1.54, 1.807) is 6.07 Å². The van der Waals surface area contributed by atoms with Gasteiger partial charge in [-0.3, -0.25) is 9.69 Å². The van der Waals surface area contributed by atoms with E-state index in [9.17, 15) is 4.79 Å². The van der Waals surface area contributed by atoms with Crippen LogP contribution in [0, 0.1) is 5.92 Å². The molecule has 0 spiro atoms. The molecule has 1 fully saturated rings. The zero-order valence-corrected chi connectivity index (χ0v) is 17.8. The zero-order valence-electron chi connectivity index (χ0n) is 16.3. The molecule has 2 aromatic carbocycles. The molecule has 4 nitrogen and oxygen atoms in total. The molecule has 3 rings (SSSR count). The Morgan fingerprint density at radius 3 is 2.39 bits per heavy atom. The normalized spacial score (nSPS) is 15.7. The van der Waals surface area contributed by atoms with Crippen LogP contribution in [0.5, 0.6) is 5.75 Å². The summed E-state index contributed by atoms with van der Waals surface area (Å²) >= 11 is 12.0. The number of nitrogens with zero attached hydrogens (tertiary/aromatic N) is 1. The Morgan fingerprint density at radius 2 is 1.79 bits per heavy atom. The Labute approximate surface area is 176 Å². The largest absolute Gasteiger partial charge is 0.489 e. The van der Waals surface area contributed by atoms with Gasteiger partial charge in [0.15, 0.2) is 0 Å². The number of benzene rings is 2. The monoisotopic (exact) mass is 420 g/mol. The predicted octanol–water partition coefficient (Wildman–Crippen LogP) is 4.92. The van der Waals surface area contributed by atoms with Crippen LogP contribution in [-0.2, 0) is 17.9 Å². The lowest BCUT2D eigenvalue weighted by molar-refractivity contribution is -0.131. The highest BCUT2D eigenvalue weighted by Gasteiger charge is 2.32. The highest BCUT2D eigenvalue weighted by Crippen LogP contribution is 2.23. The van der Waals surface area contributed by atoms with Crippen molar-refractivity contribution >= 4 is 29.1 Å². The maximum absolute atomic E-state index is 12.1. The average Bonchev–Trinajstić information content (AvgIpc) is 2.62. The molecule has 0 bridgehead atoms. The maximum Gasteiger partial charge on any atom is 0.225 e. The van der Waals surface area contributed by atoms with Gasteiger partial charge in [0.2, 0.25) is 5.91 Å². The van der Waals surface area contributed by atoms with Crippen LogP contribution in [0.1, 0.15) is 31.4 Å². The van der Waals surface area contributed by atoms with Crippen LogP contribution in [0.25, 0.3) is 0 Å². The number of carbonyl (C=O) groups is 1. The molecule has 1 saturated heterocycles. The Morgan fingerprint density at radius 1 is 1.14 bits per heavy atom. The van der Waals surface area contributed by atoms with E-state index >= 15 is 0 Å². The second-order valence-corrected chi connectivity index (χ2v) is 8.29. The molecule has 0 aromatic heterocycles. The van der Waals surface area contributed by atoms with Crippen molar-refractivity contribution < 1.29 is 9.53 Å². The van der Waals surface area contributed by atoms with Gasteiger partial charge >= 0.3 is 0 Å². The maximum atomic E-state index is 12.1. The van der Waals surface area contributed by atoms with Crippen molar-refractivity contribution in [3.05, 3.63) is 63.6 Å². The third-order valence-corrected chi connectivity index (χ3v) is 5.42. The van der Waals surface area contributed by atoms with Gasteiger partial charge in [0.25, 0.3) is 0 Å². The van der Waals surface area contributed by atoms with Gasteiger partial charge in [0.1, 0.15) is 12.4 Å². The molecular weight excluding hydrogens is 395 g/mol. The summed E-state index contributed by atoms with van der Waals surface area (Å²) in [6, 6.07) is 13.7. The fourth-order valence-electron chi connectivity index (χ4n) is 3.14. The van der Waals surface area contributed by atoms with Crippen LogP contribution in [0.15, 0.2) is 42.5 Å². The van der Waals surface area contributed by atoms with Gasteiger partial charge in [-0.25, -0.2) is 0 Å². The lowest BCUT2D eigenvalue weighted by Gasteiger charge is -2.38. The topological polar surface area (TPSA) is 41.6 Å². The highest BCUT2D eigenvalue weighted by molar-refractivity contribution is 6.34. The molecule has 28 heavy (non-hydrogen) atoms. The molecular formula is C22H26Cl2N2O2. The summed E-state index contributed by atoms with van der Waals surface area (Å²) in [5.74, 6) is 1.09. The van der Waals surface area contributed by atoms with E-state index in [0.29, 0.717) is 16.7 Å². The average molecular weight is 421 g/mol. The van der Waals surface area contributed by atoms with E-state index in [-0.39, 0.29) is 17.9 Å². The Hall–Kier alpha value is -1.75. The predicted molar refractivity (Wildman–Crippen MR) is 114 cm³/mol. The molecule has 1 aliphatic heterocycles. The van der Waals surface area contributed by atoms with Crippen LogP contribution in [0.3, 0.4) is 0 Å². The number of likely N-dealkylation sites (tertiary alicyclic amines) is 1. The van der Waals surface area contributed by atoms with Crippen LogP contribution < -0.4 is 10.1 Å². The van der Waals surface area contributed by atoms with E-state index < -0.39 is 0 Å². The van der Waals surface area contributed by atoms with Gasteiger partial charge in [0, 0.05) is 35.7 Å². The minimum atomic E-state index is 0.112. The van der Waals surface area contributed by atoms with E-state index in [1.165, 1.54) is 5.56 Å². The number of halogens is 2. The van der Waals surface area contributed by atoms with Gasteiger partial charge in [-0.15, -0.1) is 0 Å². The Bertz CT molecular complexity index is 784. The summed E-state index contributed by atoms with van der Waals surface area (Å²) in [6.45, 7) is 7.01. The number of hydrogen-bond donors (Lipinski definition) is 1. The first-order chi connectivity index (χ1) is 13.4. The number of hydrogen-bond acceptors (Lipinski definition) is 3. The van der Waals surface area contributed by atoms with Gasteiger partial charge in [-0.1, -0.05) is 42.3 Å². The molecule has 0 saturated carbocycles. The fraction of sp³-hybridized carbons (Fsp3) is 0.409. The van der Waals surface area contributed by atoms with Gasteiger partial charge < -0.3 is 10.1 Å². The zero-order chi connectivity index (χ0) is 20.1. The van der Waals surface area contributed by atoms with Crippen LogP contribution in [0.2, 0.25) is 10.0 Å². The van der Waals surface area contributed by atoms with Crippen molar-refractivity contribution in [3.63, 3.8) is 0 Å². The number of ether oxygens (including phenoxy) is 1. The third kappa shape index (κ3) is 5.87. The van der Waals surface area contributed by atoms with E-state index in [0.717, 1.165) is 37.4 Å². The summed E-state index contributed by atoms with van der Waals surface area (Å²) < 4.78 is 5.81. The van der Waals surface area contributed by atoms with Gasteiger partial charge in [-0.05, 0) is 54.8 Å². The van der Waals surface area contributed by atoms with E-state index in [4.69, 9.17) is 27.9 Å². The molecule has 6 heteroatoms. The first kappa shape index (κ1) is 21.0. The van der Waals surface area contributed by atoms with Crippen LogP contribution in [-0.4, -0.2) is 29.9 Å². The van der Waals surface area contributed by atoms with Gasteiger partial charge in [0.05, 0.1) is 5.92 Å². The first-order valence-corrected chi connectivity index (χ1v) is 10.4. The van der Waals surface area contributed by atoms with E-state index in [2.05, 4.69) is 29.3 Å². The molecule has 2 aromatic rings. The minimum absolute atomic E-state index is 0.112. The Kier molecular flexibility index (Phi) is 7.22. The second kappa shape index (κ2) is 9.64. The fourth-order valence-corrected chi connectivity index (χ4v) is 3.71. The molecule has 1 amide bonds. The molecule has 150 valence electrons. The lowest BCUT2D eigenvalue weighted by atomic mass is 9.97. The van der Waals surface area contributed by atoms with Crippen LogP contribution >= 0.6 is 23.2 Å². The number of nitrogens with one attached hydrogen (secondary N) is 1. The summed E-state index contributed by atoms with van der Waals surface area (Å²) in [5.41, 5.74) is 2.14. The third-order valence-electron chi connectivity index (χ3n) is 4.99. The lowest BCUT2D eigenvalue weighted by Crippen LogP contribution is -2.54. The van der Waals surface area contributed by atoms with Crippen molar-refractivity contribution in [2.75, 3.05) is 13.1 Å². The van der Waals surface area contributed by atoms with Gasteiger partial charge in [-0.2, -0.15) is 0 Å². The summed E-state index contributed by atoms with van der Waals surface area (Å²) in [4.78, 5) is 14.4. The minimum Gasteiger partial charge on any atom is -0.489 e. The van der Waals surface area contributed by atoms with E-state index in [1.807, 2.05) is 31.2 Å². The molecule has 1 N–H and O–H groups in total. The second-order valence-electron chi connectivity index (χ2n) is 7.42. The molecule has 1 atom stereocenters.